The van der Waals surface area contributed by atoms with Gasteiger partial charge in [-0.1, -0.05) is 42.1 Å². The molecule has 0 atom stereocenters. The Morgan fingerprint density at radius 1 is 1.12 bits per heavy atom. The molecule has 0 aliphatic heterocycles. The molecular weight excluding hydrogens is 338 g/mol. The van der Waals surface area contributed by atoms with Crippen LogP contribution in [0.3, 0.4) is 0 Å². The lowest BCUT2D eigenvalue weighted by Crippen LogP contribution is -2.13. The number of ether oxygens (including phenoxy) is 1. The van der Waals surface area contributed by atoms with Gasteiger partial charge in [-0.2, -0.15) is 0 Å². The number of aromatic nitrogens is 2. The summed E-state index contributed by atoms with van der Waals surface area (Å²) in [7, 11) is 1.63. The second kappa shape index (κ2) is 8.34. The molecule has 6 nitrogen and oxygen atoms in total. The van der Waals surface area contributed by atoms with Gasteiger partial charge in [-0.25, -0.2) is 0 Å². The summed E-state index contributed by atoms with van der Waals surface area (Å²) in [6, 6.07) is 17.0. The minimum atomic E-state index is -0.119. The molecule has 3 rings (SSSR count). The Bertz CT molecular complexity index is 819. The summed E-state index contributed by atoms with van der Waals surface area (Å²) in [6.07, 6.45) is 0.535. The van der Waals surface area contributed by atoms with E-state index in [1.165, 1.54) is 11.8 Å². The molecule has 0 aliphatic rings. The van der Waals surface area contributed by atoms with Gasteiger partial charge < -0.3 is 14.5 Å². The first-order valence-corrected chi connectivity index (χ1v) is 8.64. The number of hydrogen-bond acceptors (Lipinski definition) is 6. The Kier molecular flexibility index (Phi) is 5.69. The molecule has 25 heavy (non-hydrogen) atoms. The summed E-state index contributed by atoms with van der Waals surface area (Å²) >= 11 is 1.21. The first kappa shape index (κ1) is 17.0. The third kappa shape index (κ3) is 5.09. The normalized spacial score (nSPS) is 10.4. The van der Waals surface area contributed by atoms with Gasteiger partial charge in [-0.05, 0) is 29.8 Å². The topological polar surface area (TPSA) is 77.2 Å². The minimum absolute atomic E-state index is 0.119. The number of nitrogens with one attached hydrogen (secondary N) is 1. The van der Waals surface area contributed by atoms with Crippen LogP contribution in [0.2, 0.25) is 0 Å². The maximum Gasteiger partial charge on any atom is 0.277 e. The van der Waals surface area contributed by atoms with Gasteiger partial charge in [-0.3, -0.25) is 4.79 Å². The van der Waals surface area contributed by atoms with Gasteiger partial charge in [0.25, 0.3) is 5.22 Å². The van der Waals surface area contributed by atoms with Crippen LogP contribution in [0.15, 0.2) is 64.2 Å². The van der Waals surface area contributed by atoms with Crippen molar-refractivity contribution in [2.75, 3.05) is 18.2 Å². The highest BCUT2D eigenvalue weighted by Crippen LogP contribution is 2.19. The van der Waals surface area contributed by atoms with Gasteiger partial charge in [-0.15, -0.1) is 10.2 Å². The number of para-hydroxylation sites is 1. The van der Waals surface area contributed by atoms with Crippen molar-refractivity contribution < 1.29 is 13.9 Å². The van der Waals surface area contributed by atoms with Crippen molar-refractivity contribution in [3.8, 4) is 5.75 Å². The lowest BCUT2D eigenvalue weighted by atomic mass is 10.1. The number of hydrogen-bond donors (Lipinski definition) is 1. The van der Waals surface area contributed by atoms with E-state index in [1.54, 1.807) is 7.11 Å². The molecule has 1 N–H and O–H groups in total. The molecule has 1 aromatic heterocycles. The Morgan fingerprint density at radius 3 is 2.60 bits per heavy atom. The third-order valence-corrected chi connectivity index (χ3v) is 4.17. The second-order valence-electron chi connectivity index (χ2n) is 5.19. The van der Waals surface area contributed by atoms with Crippen molar-refractivity contribution >= 4 is 23.4 Å². The van der Waals surface area contributed by atoms with E-state index < -0.39 is 0 Å². The van der Waals surface area contributed by atoms with Crippen LogP contribution < -0.4 is 10.1 Å². The number of carbonyl (C=O) groups is 1. The number of carbonyl (C=O) groups excluding carboxylic acids is 1. The monoisotopic (exact) mass is 355 g/mol. The SMILES string of the molecule is COc1ccc(Cc2nnc(SCC(=O)Nc3ccccc3)o2)cc1. The molecule has 0 aliphatic carbocycles. The van der Waals surface area contributed by atoms with Crippen LogP contribution >= 0.6 is 11.8 Å². The summed E-state index contributed by atoms with van der Waals surface area (Å²) in [5, 5.41) is 11.2. The van der Waals surface area contributed by atoms with Gasteiger partial charge in [0, 0.05) is 5.69 Å². The molecule has 7 heteroatoms. The van der Waals surface area contributed by atoms with E-state index >= 15 is 0 Å². The summed E-state index contributed by atoms with van der Waals surface area (Å²) in [6.45, 7) is 0. The van der Waals surface area contributed by atoms with Crippen molar-refractivity contribution in [1.82, 2.24) is 10.2 Å². The Morgan fingerprint density at radius 2 is 1.88 bits per heavy atom. The maximum absolute atomic E-state index is 11.9. The average molecular weight is 355 g/mol. The van der Waals surface area contributed by atoms with Gasteiger partial charge in [0.05, 0.1) is 19.3 Å². The first-order valence-electron chi connectivity index (χ1n) is 7.66. The van der Waals surface area contributed by atoms with Crippen molar-refractivity contribution in [3.63, 3.8) is 0 Å². The smallest absolute Gasteiger partial charge is 0.277 e. The quantitative estimate of drug-likeness (QED) is 0.655. The van der Waals surface area contributed by atoms with Gasteiger partial charge in [0.2, 0.25) is 11.8 Å². The Labute approximate surface area is 149 Å². The highest BCUT2D eigenvalue weighted by molar-refractivity contribution is 7.99. The van der Waals surface area contributed by atoms with E-state index in [1.807, 2.05) is 54.6 Å². The molecule has 0 spiro atoms. The summed E-state index contributed by atoms with van der Waals surface area (Å²) < 4.78 is 10.7. The highest BCUT2D eigenvalue weighted by atomic mass is 32.2. The van der Waals surface area contributed by atoms with Crippen LogP contribution in [0, 0.1) is 0 Å². The molecule has 1 amide bonds. The number of benzene rings is 2. The predicted octanol–water partition coefficient (Wildman–Crippen LogP) is 3.40. The number of rotatable bonds is 7. The van der Waals surface area contributed by atoms with Crippen LogP contribution in [0.25, 0.3) is 0 Å². The highest BCUT2D eigenvalue weighted by Gasteiger charge is 2.10. The number of nitrogens with zero attached hydrogens (tertiary/aromatic N) is 2. The van der Waals surface area contributed by atoms with Crippen LogP contribution in [0.4, 0.5) is 5.69 Å². The zero-order chi connectivity index (χ0) is 17.5. The van der Waals surface area contributed by atoms with Crippen molar-refractivity contribution in [1.29, 1.82) is 0 Å². The molecule has 0 fully saturated rings. The van der Waals surface area contributed by atoms with Gasteiger partial charge in [0.1, 0.15) is 5.75 Å². The third-order valence-electron chi connectivity index (χ3n) is 3.35. The van der Waals surface area contributed by atoms with Crippen LogP contribution in [-0.4, -0.2) is 29.0 Å². The first-order chi connectivity index (χ1) is 12.2. The molecule has 0 radical (unpaired) electrons. The summed E-state index contributed by atoms with van der Waals surface area (Å²) in [4.78, 5) is 11.9. The molecule has 1 heterocycles. The van der Waals surface area contributed by atoms with Crippen LogP contribution in [0.1, 0.15) is 11.5 Å². The molecule has 0 bridgehead atoms. The van der Waals surface area contributed by atoms with Crippen molar-refractivity contribution in [2.45, 2.75) is 11.6 Å². The van der Waals surface area contributed by atoms with Gasteiger partial charge in [0.15, 0.2) is 0 Å². The number of amides is 1. The molecule has 0 saturated carbocycles. The largest absolute Gasteiger partial charge is 0.497 e. The maximum atomic E-state index is 11.9. The molecule has 2 aromatic carbocycles. The lowest BCUT2D eigenvalue weighted by molar-refractivity contribution is -0.113. The van der Waals surface area contributed by atoms with E-state index in [-0.39, 0.29) is 11.7 Å². The average Bonchev–Trinajstić information content (AvgIpc) is 3.09. The molecule has 0 saturated heterocycles. The van der Waals surface area contributed by atoms with Crippen LogP contribution in [-0.2, 0) is 11.2 Å². The fraction of sp³-hybridized carbons (Fsp3) is 0.167. The van der Waals surface area contributed by atoms with E-state index in [4.69, 9.17) is 9.15 Å². The zero-order valence-corrected chi connectivity index (χ0v) is 14.5. The van der Waals surface area contributed by atoms with Crippen LogP contribution in [0.5, 0.6) is 5.75 Å². The zero-order valence-electron chi connectivity index (χ0n) is 13.6. The fourth-order valence-electron chi connectivity index (χ4n) is 2.13. The number of methoxy groups -OCH3 is 1. The molecule has 3 aromatic rings. The summed E-state index contributed by atoms with van der Waals surface area (Å²) in [5.74, 6) is 1.40. The Hall–Kier alpha value is -2.80. The van der Waals surface area contributed by atoms with E-state index in [0.29, 0.717) is 17.5 Å². The standard InChI is InChI=1S/C18H17N3O3S/c1-23-15-9-7-13(8-10-15)11-17-20-21-18(24-17)25-12-16(22)19-14-5-3-2-4-6-14/h2-10H,11-12H2,1H3,(H,19,22). The second-order valence-corrected chi connectivity index (χ2v) is 6.12. The fourth-order valence-corrected chi connectivity index (χ4v) is 2.71. The summed E-state index contributed by atoms with van der Waals surface area (Å²) in [5.41, 5.74) is 1.81. The molecule has 0 unspecified atom stereocenters. The lowest BCUT2D eigenvalue weighted by Gasteiger charge is -2.02. The Balaban J connectivity index is 1.50. The van der Waals surface area contributed by atoms with E-state index in [2.05, 4.69) is 15.5 Å². The van der Waals surface area contributed by atoms with Crippen molar-refractivity contribution in [3.05, 3.63) is 66.1 Å². The van der Waals surface area contributed by atoms with Gasteiger partial charge >= 0.3 is 0 Å². The minimum Gasteiger partial charge on any atom is -0.497 e. The van der Waals surface area contributed by atoms with E-state index in [0.717, 1.165) is 17.0 Å². The number of anilines is 1. The number of thioether (sulfide) groups is 1. The molecule has 128 valence electrons. The van der Waals surface area contributed by atoms with E-state index in [9.17, 15) is 4.79 Å². The molecular formula is C18H17N3O3S. The van der Waals surface area contributed by atoms with Crippen molar-refractivity contribution in [2.24, 2.45) is 0 Å². The predicted molar refractivity (Wildman–Crippen MR) is 95.9 cm³/mol.